The number of hydrogen-bond acceptors (Lipinski definition) is 4. The van der Waals surface area contributed by atoms with Crippen molar-refractivity contribution >= 4 is 30.2 Å². The van der Waals surface area contributed by atoms with Crippen LogP contribution < -0.4 is 5.32 Å². The van der Waals surface area contributed by atoms with E-state index in [2.05, 4.69) is 31.0 Å². The van der Waals surface area contributed by atoms with Gasteiger partial charge in [-0.1, -0.05) is 33.6 Å². The normalized spacial score (nSPS) is 11.5. The molecule has 26 heavy (non-hydrogen) atoms. The monoisotopic (exact) mass is 386 g/mol. The first-order valence-corrected chi connectivity index (χ1v) is 9.03. The summed E-state index contributed by atoms with van der Waals surface area (Å²) in [7, 11) is 0. The van der Waals surface area contributed by atoms with Crippen molar-refractivity contribution in [1.29, 1.82) is 0 Å². The summed E-state index contributed by atoms with van der Waals surface area (Å²) in [5.41, 5.74) is 0.701. The Hall–Kier alpha value is -1.79. The van der Waals surface area contributed by atoms with E-state index < -0.39 is 12.1 Å². The Morgan fingerprint density at radius 3 is 2.23 bits per heavy atom. The maximum absolute atomic E-state index is 12.1. The molecule has 0 aliphatic heterocycles. The Labute approximate surface area is 162 Å². The van der Waals surface area contributed by atoms with Crippen LogP contribution >= 0.6 is 12.4 Å². The first-order chi connectivity index (χ1) is 12.0. The van der Waals surface area contributed by atoms with Gasteiger partial charge in [-0.2, -0.15) is 0 Å². The summed E-state index contributed by atoms with van der Waals surface area (Å²) in [4.78, 5) is 25.3. The fourth-order valence-electron chi connectivity index (χ4n) is 2.56. The predicted molar refractivity (Wildman–Crippen MR) is 106 cm³/mol. The van der Waals surface area contributed by atoms with E-state index in [0.29, 0.717) is 5.69 Å². The molecule has 1 unspecified atom stereocenters. The fraction of sp³-hybridized carbons (Fsp3) is 0.579. The summed E-state index contributed by atoms with van der Waals surface area (Å²) >= 11 is 0. The van der Waals surface area contributed by atoms with Gasteiger partial charge in [-0.15, -0.1) is 12.4 Å². The van der Waals surface area contributed by atoms with Crippen LogP contribution in [0.1, 0.15) is 56.8 Å². The predicted octanol–water partition coefficient (Wildman–Crippen LogP) is 4.65. The Bertz CT molecular complexity index is 533. The lowest BCUT2D eigenvalue weighted by atomic mass is 10.1. The summed E-state index contributed by atoms with van der Waals surface area (Å²) in [6.07, 6.45) is 3.13. The SMILES string of the molecule is CCCCC(CCN(CC)CC)OC(=O)Nc1ccc(C(=O)O)cc1.Cl. The number of amides is 1. The topological polar surface area (TPSA) is 78.9 Å². The van der Waals surface area contributed by atoms with Crippen molar-refractivity contribution in [2.75, 3.05) is 25.0 Å². The molecular formula is C19H31ClN2O4. The number of nitrogens with one attached hydrogen (secondary N) is 1. The molecule has 0 aliphatic rings. The van der Waals surface area contributed by atoms with E-state index in [1.165, 1.54) is 12.1 Å². The zero-order chi connectivity index (χ0) is 18.7. The van der Waals surface area contributed by atoms with Gasteiger partial charge < -0.3 is 14.7 Å². The maximum atomic E-state index is 12.1. The maximum Gasteiger partial charge on any atom is 0.411 e. The van der Waals surface area contributed by atoms with Crippen LogP contribution in [0.3, 0.4) is 0 Å². The highest BCUT2D eigenvalue weighted by Crippen LogP contribution is 2.14. The number of benzene rings is 1. The third kappa shape index (κ3) is 9.06. The molecule has 0 fully saturated rings. The molecule has 0 aliphatic carbocycles. The zero-order valence-electron chi connectivity index (χ0n) is 15.9. The molecule has 0 bridgehead atoms. The number of anilines is 1. The van der Waals surface area contributed by atoms with E-state index in [1.54, 1.807) is 12.1 Å². The van der Waals surface area contributed by atoms with Crippen LogP contribution in [0.2, 0.25) is 0 Å². The van der Waals surface area contributed by atoms with Crippen LogP contribution in [-0.2, 0) is 4.74 Å². The van der Waals surface area contributed by atoms with Gasteiger partial charge in [0.2, 0.25) is 0 Å². The summed E-state index contributed by atoms with van der Waals surface area (Å²) in [6.45, 7) is 9.24. The van der Waals surface area contributed by atoms with Gasteiger partial charge in [-0.05, 0) is 50.2 Å². The minimum atomic E-state index is -0.995. The molecular weight excluding hydrogens is 356 g/mol. The highest BCUT2D eigenvalue weighted by molar-refractivity contribution is 5.89. The lowest BCUT2D eigenvalue weighted by molar-refractivity contribution is 0.0696. The molecule has 0 saturated carbocycles. The van der Waals surface area contributed by atoms with Crippen LogP contribution in [0.25, 0.3) is 0 Å². The number of hydrogen-bond donors (Lipinski definition) is 2. The molecule has 148 valence electrons. The first kappa shape index (κ1) is 24.2. The lowest BCUT2D eigenvalue weighted by Gasteiger charge is -2.23. The lowest BCUT2D eigenvalue weighted by Crippen LogP contribution is -2.30. The van der Waals surface area contributed by atoms with Gasteiger partial charge in [0, 0.05) is 12.2 Å². The van der Waals surface area contributed by atoms with Crippen molar-refractivity contribution in [1.82, 2.24) is 4.90 Å². The fourth-order valence-corrected chi connectivity index (χ4v) is 2.56. The molecule has 1 aromatic rings. The number of unbranched alkanes of at least 4 members (excludes halogenated alkanes) is 1. The second-order valence-electron chi connectivity index (χ2n) is 5.99. The van der Waals surface area contributed by atoms with Crippen LogP contribution in [0.4, 0.5) is 10.5 Å². The van der Waals surface area contributed by atoms with Gasteiger partial charge in [0.05, 0.1) is 5.56 Å². The van der Waals surface area contributed by atoms with Crippen molar-refractivity contribution in [3.63, 3.8) is 0 Å². The highest BCUT2D eigenvalue weighted by Gasteiger charge is 2.15. The second kappa shape index (κ2) is 13.4. The standard InChI is InChI=1S/C19H30N2O4.ClH/c1-4-7-8-17(13-14-21(5-2)6-3)25-19(24)20-16-11-9-15(10-12-16)18(22)23;/h9-12,17H,4-8,13-14H2,1-3H3,(H,20,24)(H,22,23);1H. The van der Waals surface area contributed by atoms with E-state index in [9.17, 15) is 9.59 Å². The van der Waals surface area contributed by atoms with Crippen molar-refractivity contribution in [2.24, 2.45) is 0 Å². The molecule has 1 atom stereocenters. The van der Waals surface area contributed by atoms with Gasteiger partial charge in [0.15, 0.2) is 0 Å². The van der Waals surface area contributed by atoms with Crippen LogP contribution in [0, 0.1) is 0 Å². The van der Waals surface area contributed by atoms with Gasteiger partial charge in [0.25, 0.3) is 0 Å². The van der Waals surface area contributed by atoms with Gasteiger partial charge in [-0.25, -0.2) is 9.59 Å². The average Bonchev–Trinajstić information content (AvgIpc) is 2.60. The smallest absolute Gasteiger partial charge is 0.411 e. The number of carbonyl (C=O) groups is 2. The summed E-state index contributed by atoms with van der Waals surface area (Å²) < 4.78 is 5.58. The van der Waals surface area contributed by atoms with E-state index in [0.717, 1.165) is 45.3 Å². The Balaban J connectivity index is 0.00000625. The van der Waals surface area contributed by atoms with Gasteiger partial charge in [0.1, 0.15) is 6.10 Å². The van der Waals surface area contributed by atoms with Gasteiger partial charge in [-0.3, -0.25) is 5.32 Å². The molecule has 0 saturated heterocycles. The number of carboxylic acids is 1. The molecule has 1 aromatic carbocycles. The number of ether oxygens (including phenoxy) is 1. The van der Waals surface area contributed by atoms with Crippen molar-refractivity contribution < 1.29 is 19.4 Å². The molecule has 0 radical (unpaired) electrons. The van der Waals surface area contributed by atoms with E-state index in [-0.39, 0.29) is 24.1 Å². The first-order valence-electron chi connectivity index (χ1n) is 9.03. The minimum absolute atomic E-state index is 0. The highest BCUT2D eigenvalue weighted by atomic mass is 35.5. The number of aromatic carboxylic acids is 1. The molecule has 0 aromatic heterocycles. The van der Waals surface area contributed by atoms with Crippen molar-refractivity contribution in [3.05, 3.63) is 29.8 Å². The Morgan fingerprint density at radius 2 is 1.73 bits per heavy atom. The Morgan fingerprint density at radius 1 is 1.12 bits per heavy atom. The quantitative estimate of drug-likeness (QED) is 0.578. The third-order valence-electron chi connectivity index (χ3n) is 4.19. The number of carbonyl (C=O) groups excluding carboxylic acids is 1. The zero-order valence-corrected chi connectivity index (χ0v) is 16.7. The number of halogens is 1. The molecule has 1 amide bonds. The number of nitrogens with zero attached hydrogens (tertiary/aromatic N) is 1. The van der Waals surface area contributed by atoms with Crippen molar-refractivity contribution in [3.8, 4) is 0 Å². The number of rotatable bonds is 11. The third-order valence-corrected chi connectivity index (χ3v) is 4.19. The summed E-state index contributed by atoms with van der Waals surface area (Å²) in [6, 6.07) is 6.02. The van der Waals surface area contributed by atoms with E-state index >= 15 is 0 Å². The molecule has 1 rings (SSSR count). The molecule has 6 nitrogen and oxygen atoms in total. The second-order valence-corrected chi connectivity index (χ2v) is 5.99. The van der Waals surface area contributed by atoms with Crippen LogP contribution in [0.5, 0.6) is 0 Å². The van der Waals surface area contributed by atoms with Crippen LogP contribution in [-0.4, -0.2) is 47.8 Å². The Kier molecular flexibility index (Phi) is 12.5. The average molecular weight is 387 g/mol. The number of carboxylic acid groups (broad SMARTS) is 1. The van der Waals surface area contributed by atoms with Crippen LogP contribution in [0.15, 0.2) is 24.3 Å². The minimum Gasteiger partial charge on any atom is -0.478 e. The molecule has 7 heteroatoms. The van der Waals surface area contributed by atoms with Gasteiger partial charge >= 0.3 is 12.1 Å². The molecule has 2 N–H and O–H groups in total. The largest absolute Gasteiger partial charge is 0.478 e. The molecule has 0 heterocycles. The summed E-state index contributed by atoms with van der Waals surface area (Å²) in [5.74, 6) is -0.995. The van der Waals surface area contributed by atoms with E-state index in [4.69, 9.17) is 9.84 Å². The van der Waals surface area contributed by atoms with Crippen molar-refractivity contribution in [2.45, 2.75) is 52.6 Å². The van der Waals surface area contributed by atoms with E-state index in [1.807, 2.05) is 0 Å². The molecule has 0 spiro atoms. The summed E-state index contributed by atoms with van der Waals surface area (Å²) in [5, 5.41) is 11.6.